The van der Waals surface area contributed by atoms with Crippen LogP contribution >= 0.6 is 11.6 Å². The molecule has 3 amide bonds. The molecule has 0 spiro atoms. The van der Waals surface area contributed by atoms with Gasteiger partial charge in [-0.05, 0) is 48.9 Å². The van der Waals surface area contributed by atoms with Crippen molar-refractivity contribution in [2.45, 2.75) is 6.92 Å². The van der Waals surface area contributed by atoms with Crippen molar-refractivity contribution in [3.63, 3.8) is 0 Å². The summed E-state index contributed by atoms with van der Waals surface area (Å²) in [6, 6.07) is 17.8. The van der Waals surface area contributed by atoms with Crippen molar-refractivity contribution in [3.05, 3.63) is 94.0 Å². The van der Waals surface area contributed by atoms with E-state index in [-0.39, 0.29) is 16.7 Å². The van der Waals surface area contributed by atoms with Gasteiger partial charge in [-0.3, -0.25) is 14.4 Å². The molecule has 4 rings (SSSR count). The van der Waals surface area contributed by atoms with Crippen LogP contribution in [0.4, 0.5) is 11.4 Å². The third-order valence-electron chi connectivity index (χ3n) is 4.96. The first-order valence-electron chi connectivity index (χ1n) is 9.67. The number of rotatable bonds is 5. The molecule has 7 nitrogen and oxygen atoms in total. The number of carbonyl (C=O) groups excluding carboxylic acids is 4. The number of halogens is 1. The molecule has 0 bridgehead atoms. The number of anilines is 2. The smallest absolute Gasteiger partial charge is 0.338 e. The van der Waals surface area contributed by atoms with Crippen LogP contribution in [0.2, 0.25) is 5.02 Å². The van der Waals surface area contributed by atoms with Gasteiger partial charge in [-0.15, -0.1) is 0 Å². The second kappa shape index (κ2) is 8.64. The highest BCUT2D eigenvalue weighted by molar-refractivity contribution is 6.35. The van der Waals surface area contributed by atoms with Gasteiger partial charge in [-0.25, -0.2) is 9.69 Å². The average molecular weight is 449 g/mol. The molecular formula is C24H17ClN2O5. The third-order valence-corrected chi connectivity index (χ3v) is 5.29. The van der Waals surface area contributed by atoms with Crippen LogP contribution in [0.15, 0.2) is 66.7 Å². The molecule has 0 aromatic heterocycles. The number of amides is 3. The number of nitrogens with one attached hydrogen (secondary N) is 1. The average Bonchev–Trinajstić information content (AvgIpc) is 3.03. The standard InChI is InChI=1S/C24H17ClN2O5/c1-14-6-2-5-9-20(14)27-22(29)16-11-10-15(12-17(16)23(27)30)24(31)32-13-21(28)26-19-8-4-3-7-18(19)25/h2-12H,13H2,1H3,(H,26,28). The van der Waals surface area contributed by atoms with E-state index in [0.29, 0.717) is 16.4 Å². The van der Waals surface area contributed by atoms with Gasteiger partial charge >= 0.3 is 5.97 Å². The van der Waals surface area contributed by atoms with Gasteiger partial charge in [0.05, 0.1) is 33.1 Å². The Labute approximate surface area is 188 Å². The molecule has 1 aliphatic rings. The van der Waals surface area contributed by atoms with Crippen molar-refractivity contribution in [1.82, 2.24) is 0 Å². The molecule has 1 N–H and O–H groups in total. The highest BCUT2D eigenvalue weighted by atomic mass is 35.5. The zero-order valence-electron chi connectivity index (χ0n) is 16.9. The third kappa shape index (κ3) is 3.98. The Bertz CT molecular complexity index is 1270. The Morgan fingerprint density at radius 1 is 0.938 bits per heavy atom. The maximum Gasteiger partial charge on any atom is 0.338 e. The van der Waals surface area contributed by atoms with Gasteiger partial charge in [-0.2, -0.15) is 0 Å². The lowest BCUT2D eigenvalue weighted by Gasteiger charge is -2.16. The van der Waals surface area contributed by atoms with Crippen molar-refractivity contribution < 1.29 is 23.9 Å². The summed E-state index contributed by atoms with van der Waals surface area (Å²) in [5.41, 5.74) is 2.01. The molecule has 0 saturated carbocycles. The molecular weight excluding hydrogens is 432 g/mol. The number of imide groups is 1. The van der Waals surface area contributed by atoms with E-state index in [9.17, 15) is 19.2 Å². The minimum atomic E-state index is -0.795. The highest BCUT2D eigenvalue weighted by Gasteiger charge is 2.37. The van der Waals surface area contributed by atoms with Gasteiger partial charge in [-0.1, -0.05) is 41.9 Å². The Morgan fingerprint density at radius 3 is 2.38 bits per heavy atom. The molecule has 160 valence electrons. The van der Waals surface area contributed by atoms with E-state index < -0.39 is 30.3 Å². The summed E-state index contributed by atoms with van der Waals surface area (Å²) in [5.74, 6) is -2.34. The SMILES string of the molecule is Cc1ccccc1N1C(=O)c2ccc(C(=O)OCC(=O)Nc3ccccc3Cl)cc2C1=O. The number of benzene rings is 3. The van der Waals surface area contributed by atoms with Crippen LogP contribution in [0.5, 0.6) is 0 Å². The number of carbonyl (C=O) groups is 4. The second-order valence-electron chi connectivity index (χ2n) is 7.10. The quantitative estimate of drug-likeness (QED) is 0.465. The van der Waals surface area contributed by atoms with Gasteiger partial charge in [0.1, 0.15) is 0 Å². The van der Waals surface area contributed by atoms with Crippen LogP contribution in [-0.2, 0) is 9.53 Å². The lowest BCUT2D eigenvalue weighted by atomic mass is 10.1. The first kappa shape index (κ1) is 21.3. The summed E-state index contributed by atoms with van der Waals surface area (Å²) < 4.78 is 5.05. The molecule has 3 aromatic carbocycles. The topological polar surface area (TPSA) is 92.8 Å². The van der Waals surface area contributed by atoms with E-state index in [1.807, 2.05) is 6.07 Å². The zero-order chi connectivity index (χ0) is 22.8. The molecule has 1 aliphatic heterocycles. The number of aryl methyl sites for hydroxylation is 1. The fourth-order valence-electron chi connectivity index (χ4n) is 3.36. The summed E-state index contributed by atoms with van der Waals surface area (Å²) in [6.07, 6.45) is 0. The van der Waals surface area contributed by atoms with Crippen molar-refractivity contribution in [2.24, 2.45) is 0 Å². The highest BCUT2D eigenvalue weighted by Crippen LogP contribution is 2.31. The molecule has 0 radical (unpaired) electrons. The Balaban J connectivity index is 1.47. The summed E-state index contributed by atoms with van der Waals surface area (Å²) in [6.45, 7) is 1.26. The van der Waals surface area contributed by atoms with E-state index in [4.69, 9.17) is 16.3 Å². The van der Waals surface area contributed by atoms with Gasteiger partial charge in [0.2, 0.25) is 0 Å². The molecule has 0 fully saturated rings. The van der Waals surface area contributed by atoms with Crippen molar-refractivity contribution in [3.8, 4) is 0 Å². The molecule has 32 heavy (non-hydrogen) atoms. The van der Waals surface area contributed by atoms with Gasteiger partial charge in [0, 0.05) is 0 Å². The van der Waals surface area contributed by atoms with Crippen LogP contribution in [0, 0.1) is 6.92 Å². The van der Waals surface area contributed by atoms with Crippen molar-refractivity contribution in [2.75, 3.05) is 16.8 Å². The fraction of sp³-hybridized carbons (Fsp3) is 0.0833. The summed E-state index contributed by atoms with van der Waals surface area (Å²) in [5, 5.41) is 2.90. The normalized spacial score (nSPS) is 12.5. The summed E-state index contributed by atoms with van der Waals surface area (Å²) >= 11 is 5.99. The number of hydrogen-bond acceptors (Lipinski definition) is 5. The maximum atomic E-state index is 12.9. The molecule has 1 heterocycles. The van der Waals surface area contributed by atoms with Crippen molar-refractivity contribution >= 4 is 46.7 Å². The molecule has 0 atom stereocenters. The van der Waals surface area contributed by atoms with E-state index in [0.717, 1.165) is 10.5 Å². The molecule has 0 unspecified atom stereocenters. The second-order valence-corrected chi connectivity index (χ2v) is 7.50. The molecule has 8 heteroatoms. The monoisotopic (exact) mass is 448 g/mol. The van der Waals surface area contributed by atoms with Crippen LogP contribution < -0.4 is 10.2 Å². The number of esters is 1. The Hall–Kier alpha value is -3.97. The molecule has 3 aromatic rings. The van der Waals surface area contributed by atoms with Crippen molar-refractivity contribution in [1.29, 1.82) is 0 Å². The predicted molar refractivity (Wildman–Crippen MR) is 119 cm³/mol. The number of fused-ring (bicyclic) bond motifs is 1. The predicted octanol–water partition coefficient (Wildman–Crippen LogP) is 4.24. The number of nitrogens with zero attached hydrogens (tertiary/aromatic N) is 1. The molecule has 0 aliphatic carbocycles. The lowest BCUT2D eigenvalue weighted by Crippen LogP contribution is -2.29. The first-order chi connectivity index (χ1) is 15.4. The van der Waals surface area contributed by atoms with Gasteiger partial charge in [0.15, 0.2) is 6.61 Å². The number of hydrogen-bond donors (Lipinski definition) is 1. The van der Waals surface area contributed by atoms with Crippen LogP contribution in [0.1, 0.15) is 36.6 Å². The minimum absolute atomic E-state index is 0.0575. The van der Waals surface area contributed by atoms with Gasteiger partial charge in [0.25, 0.3) is 17.7 Å². The van der Waals surface area contributed by atoms with E-state index in [2.05, 4.69) is 5.32 Å². The Kier molecular flexibility index (Phi) is 5.75. The first-order valence-corrected chi connectivity index (χ1v) is 10.0. The maximum absolute atomic E-state index is 12.9. The van der Waals surface area contributed by atoms with Gasteiger partial charge < -0.3 is 10.1 Å². The van der Waals surface area contributed by atoms with E-state index in [1.54, 1.807) is 49.4 Å². The van der Waals surface area contributed by atoms with E-state index in [1.165, 1.54) is 18.2 Å². The number of ether oxygens (including phenoxy) is 1. The van der Waals surface area contributed by atoms with E-state index >= 15 is 0 Å². The number of para-hydroxylation sites is 2. The minimum Gasteiger partial charge on any atom is -0.452 e. The Morgan fingerprint density at radius 2 is 1.62 bits per heavy atom. The summed E-state index contributed by atoms with van der Waals surface area (Å²) in [4.78, 5) is 51.3. The van der Waals surface area contributed by atoms with Crippen LogP contribution in [0.3, 0.4) is 0 Å². The van der Waals surface area contributed by atoms with Crippen LogP contribution in [-0.4, -0.2) is 30.3 Å². The fourth-order valence-corrected chi connectivity index (χ4v) is 3.55. The largest absolute Gasteiger partial charge is 0.452 e. The van der Waals surface area contributed by atoms with Crippen LogP contribution in [0.25, 0.3) is 0 Å². The lowest BCUT2D eigenvalue weighted by molar-refractivity contribution is -0.119. The molecule has 0 saturated heterocycles. The zero-order valence-corrected chi connectivity index (χ0v) is 17.7. The summed E-state index contributed by atoms with van der Waals surface area (Å²) in [7, 11) is 0.